The number of hydrogen-bond donors (Lipinski definition) is 1. The summed E-state index contributed by atoms with van der Waals surface area (Å²) < 4.78 is 11.8. The van der Waals surface area contributed by atoms with Crippen LogP contribution in [0, 0.1) is 23.7 Å². The minimum atomic E-state index is -0.253. The number of ether oxygens (including phenoxy) is 2. The summed E-state index contributed by atoms with van der Waals surface area (Å²) in [6.07, 6.45) is 5.72. The van der Waals surface area contributed by atoms with Crippen LogP contribution in [0.4, 0.5) is 0 Å². The first-order valence-electron chi connectivity index (χ1n) is 6.46. The average molecular weight is 222 g/mol. The van der Waals surface area contributed by atoms with Gasteiger partial charge in [-0.15, -0.1) is 0 Å². The molecule has 1 spiro atoms. The molecule has 1 aliphatic heterocycles. The predicted octanol–water partition coefficient (Wildman–Crippen LogP) is 1.32. The molecule has 88 valence electrons. The molecule has 0 amide bonds. The predicted molar refractivity (Wildman–Crippen MR) is 57.6 cm³/mol. The van der Waals surface area contributed by atoms with Crippen LogP contribution in [0.3, 0.4) is 0 Å². The monoisotopic (exact) mass is 222 g/mol. The molecule has 4 atom stereocenters. The van der Waals surface area contributed by atoms with Gasteiger partial charge in [0.25, 0.3) is 0 Å². The topological polar surface area (TPSA) is 38.7 Å². The SMILES string of the molecule is OCCC1=CC2C3C1CCC3C21OCCO1. The van der Waals surface area contributed by atoms with Crippen molar-refractivity contribution >= 4 is 0 Å². The van der Waals surface area contributed by atoms with Gasteiger partial charge >= 0.3 is 0 Å². The molecule has 1 saturated heterocycles. The van der Waals surface area contributed by atoms with E-state index in [-0.39, 0.29) is 12.4 Å². The van der Waals surface area contributed by atoms with Crippen LogP contribution >= 0.6 is 0 Å². The van der Waals surface area contributed by atoms with Gasteiger partial charge in [0.1, 0.15) is 0 Å². The molecule has 0 aromatic carbocycles. The maximum atomic E-state index is 9.10. The van der Waals surface area contributed by atoms with E-state index in [4.69, 9.17) is 14.6 Å². The van der Waals surface area contributed by atoms with Crippen molar-refractivity contribution in [3.8, 4) is 0 Å². The Hall–Kier alpha value is -0.380. The minimum absolute atomic E-state index is 0.253. The van der Waals surface area contributed by atoms with Gasteiger partial charge in [0.2, 0.25) is 0 Å². The summed E-state index contributed by atoms with van der Waals surface area (Å²) in [5.41, 5.74) is 1.47. The molecule has 0 radical (unpaired) electrons. The van der Waals surface area contributed by atoms with E-state index in [0.29, 0.717) is 11.8 Å². The molecule has 16 heavy (non-hydrogen) atoms. The highest BCUT2D eigenvalue weighted by Gasteiger charge is 2.71. The highest BCUT2D eigenvalue weighted by molar-refractivity contribution is 5.31. The molecule has 2 saturated carbocycles. The third kappa shape index (κ3) is 0.918. The maximum Gasteiger partial charge on any atom is 0.178 e. The molecule has 0 bridgehead atoms. The first kappa shape index (κ1) is 9.63. The van der Waals surface area contributed by atoms with E-state index in [1.807, 2.05) is 0 Å². The largest absolute Gasteiger partial charge is 0.396 e. The molecule has 3 fully saturated rings. The van der Waals surface area contributed by atoms with E-state index >= 15 is 0 Å². The molecule has 3 aliphatic carbocycles. The molecular weight excluding hydrogens is 204 g/mol. The van der Waals surface area contributed by atoms with Gasteiger partial charge in [0.05, 0.1) is 13.2 Å². The van der Waals surface area contributed by atoms with Crippen LogP contribution in [0.15, 0.2) is 11.6 Å². The Kier molecular flexibility index (Phi) is 1.86. The Morgan fingerprint density at radius 2 is 2.12 bits per heavy atom. The van der Waals surface area contributed by atoms with Crippen molar-refractivity contribution in [3.05, 3.63) is 11.6 Å². The fraction of sp³-hybridized carbons (Fsp3) is 0.846. The molecule has 3 heteroatoms. The highest BCUT2D eigenvalue weighted by atomic mass is 16.7. The number of hydrogen-bond acceptors (Lipinski definition) is 3. The second-order valence-electron chi connectivity index (χ2n) is 5.53. The van der Waals surface area contributed by atoms with Crippen LogP contribution in [0.25, 0.3) is 0 Å². The Labute approximate surface area is 95.4 Å². The molecule has 0 aromatic heterocycles. The van der Waals surface area contributed by atoms with Gasteiger partial charge in [0.15, 0.2) is 5.79 Å². The minimum Gasteiger partial charge on any atom is -0.396 e. The summed E-state index contributed by atoms with van der Waals surface area (Å²) >= 11 is 0. The Balaban J connectivity index is 1.68. The van der Waals surface area contributed by atoms with Crippen molar-refractivity contribution in [2.45, 2.75) is 25.0 Å². The van der Waals surface area contributed by atoms with Gasteiger partial charge in [-0.05, 0) is 31.1 Å². The Morgan fingerprint density at radius 1 is 1.31 bits per heavy atom. The Morgan fingerprint density at radius 3 is 2.88 bits per heavy atom. The molecule has 4 unspecified atom stereocenters. The molecule has 1 N–H and O–H groups in total. The van der Waals surface area contributed by atoms with E-state index in [1.54, 1.807) is 0 Å². The first-order valence-corrected chi connectivity index (χ1v) is 6.46. The number of fused-ring (bicyclic) bond motifs is 2. The van der Waals surface area contributed by atoms with Gasteiger partial charge in [-0.25, -0.2) is 0 Å². The van der Waals surface area contributed by atoms with Crippen LogP contribution in [-0.4, -0.2) is 30.7 Å². The van der Waals surface area contributed by atoms with Crippen LogP contribution in [-0.2, 0) is 9.47 Å². The first-order chi connectivity index (χ1) is 7.87. The van der Waals surface area contributed by atoms with Crippen molar-refractivity contribution in [2.24, 2.45) is 23.7 Å². The number of rotatable bonds is 2. The van der Waals surface area contributed by atoms with Crippen molar-refractivity contribution < 1.29 is 14.6 Å². The Bertz CT molecular complexity index is 343. The van der Waals surface area contributed by atoms with Crippen LogP contribution in [0.5, 0.6) is 0 Å². The van der Waals surface area contributed by atoms with Gasteiger partial charge in [-0.2, -0.15) is 0 Å². The average Bonchev–Trinajstić information content (AvgIpc) is 2.90. The third-order valence-electron chi connectivity index (χ3n) is 5.12. The van der Waals surface area contributed by atoms with Crippen molar-refractivity contribution in [3.63, 3.8) is 0 Å². The molecule has 3 nitrogen and oxygen atoms in total. The van der Waals surface area contributed by atoms with Gasteiger partial charge in [-0.1, -0.05) is 11.6 Å². The lowest BCUT2D eigenvalue weighted by Crippen LogP contribution is -2.60. The standard InChI is InChI=1S/C13H18O3/c14-4-3-8-7-11-12-9(8)1-2-10(12)13(11)15-5-6-16-13/h7,9-12,14H,1-6H2. The number of aliphatic hydroxyl groups is 1. The second-order valence-corrected chi connectivity index (χ2v) is 5.53. The van der Waals surface area contributed by atoms with E-state index in [0.717, 1.165) is 31.5 Å². The lowest BCUT2D eigenvalue weighted by Gasteiger charge is -2.53. The molecule has 4 aliphatic rings. The molecule has 4 rings (SSSR count). The summed E-state index contributed by atoms with van der Waals surface area (Å²) in [6, 6.07) is 0. The summed E-state index contributed by atoms with van der Waals surface area (Å²) in [7, 11) is 0. The summed E-state index contributed by atoms with van der Waals surface area (Å²) in [4.78, 5) is 0. The zero-order chi connectivity index (χ0) is 10.8. The van der Waals surface area contributed by atoms with Gasteiger partial charge in [0, 0.05) is 18.4 Å². The summed E-state index contributed by atoms with van der Waals surface area (Å²) in [5.74, 6) is 2.34. The maximum absolute atomic E-state index is 9.10. The number of aliphatic hydroxyl groups excluding tert-OH is 1. The van der Waals surface area contributed by atoms with Crippen molar-refractivity contribution in [1.29, 1.82) is 0 Å². The fourth-order valence-corrected chi connectivity index (χ4v) is 4.65. The van der Waals surface area contributed by atoms with E-state index < -0.39 is 0 Å². The van der Waals surface area contributed by atoms with E-state index in [2.05, 4.69) is 6.08 Å². The van der Waals surface area contributed by atoms with Crippen LogP contribution < -0.4 is 0 Å². The lowest BCUT2D eigenvalue weighted by atomic mass is 9.61. The lowest BCUT2D eigenvalue weighted by molar-refractivity contribution is -0.298. The van der Waals surface area contributed by atoms with Gasteiger partial charge < -0.3 is 14.6 Å². The normalized spacial score (nSPS) is 46.9. The van der Waals surface area contributed by atoms with Gasteiger partial charge in [-0.3, -0.25) is 0 Å². The molecule has 0 aromatic rings. The van der Waals surface area contributed by atoms with E-state index in [9.17, 15) is 0 Å². The zero-order valence-corrected chi connectivity index (χ0v) is 9.39. The summed E-state index contributed by atoms with van der Waals surface area (Å²) in [6.45, 7) is 1.79. The smallest absolute Gasteiger partial charge is 0.178 e. The molecular formula is C13H18O3. The van der Waals surface area contributed by atoms with Crippen molar-refractivity contribution in [2.75, 3.05) is 19.8 Å². The van der Waals surface area contributed by atoms with E-state index in [1.165, 1.54) is 18.4 Å². The highest BCUT2D eigenvalue weighted by Crippen LogP contribution is 2.68. The second kappa shape index (κ2) is 3.09. The summed E-state index contributed by atoms with van der Waals surface area (Å²) in [5, 5.41) is 9.10. The molecule has 1 heterocycles. The third-order valence-corrected chi connectivity index (χ3v) is 5.12. The van der Waals surface area contributed by atoms with Crippen molar-refractivity contribution in [1.82, 2.24) is 0 Å². The quantitative estimate of drug-likeness (QED) is 0.716. The zero-order valence-electron chi connectivity index (χ0n) is 9.39. The van der Waals surface area contributed by atoms with Crippen LogP contribution in [0.2, 0.25) is 0 Å². The fourth-order valence-electron chi connectivity index (χ4n) is 4.65. The van der Waals surface area contributed by atoms with Crippen LogP contribution in [0.1, 0.15) is 19.3 Å².